The predicted molar refractivity (Wildman–Crippen MR) is 155 cm³/mol. The van der Waals surface area contributed by atoms with E-state index in [0.29, 0.717) is 35.4 Å². The number of halogens is 1. The van der Waals surface area contributed by atoms with E-state index in [0.717, 1.165) is 34.6 Å². The number of hydrogen-bond donors (Lipinski definition) is 1. The molecule has 6 nitrogen and oxygen atoms in total. The number of hydrogen-bond acceptors (Lipinski definition) is 6. The Hall–Kier alpha value is -3.91. The van der Waals surface area contributed by atoms with Crippen molar-refractivity contribution in [1.29, 1.82) is 0 Å². The first kappa shape index (κ1) is 26.3. The van der Waals surface area contributed by atoms with E-state index in [9.17, 15) is 9.18 Å². The number of ether oxygens (including phenoxy) is 1. The molecule has 2 heterocycles. The Morgan fingerprint density at radius 3 is 2.55 bits per heavy atom. The molecule has 0 fully saturated rings. The molecule has 1 aliphatic carbocycles. The number of carbonyl (C=O) groups excluding carboxylic acids is 1. The number of thioether (sulfide) groups is 1. The topological polar surface area (TPSA) is 69.0 Å². The number of rotatable bonds is 7. The zero-order chi connectivity index (χ0) is 27.9. The Kier molecular flexibility index (Phi) is 6.96. The van der Waals surface area contributed by atoms with Gasteiger partial charge in [0.25, 0.3) is 0 Å². The van der Waals surface area contributed by atoms with Crippen molar-refractivity contribution in [3.05, 3.63) is 112 Å². The molecule has 1 aliphatic heterocycles. The molecule has 0 radical (unpaired) electrons. The molecular formula is C32H31FN4O2S. The highest BCUT2D eigenvalue weighted by molar-refractivity contribution is 7.98. The summed E-state index contributed by atoms with van der Waals surface area (Å²) in [5, 5.41) is 8.72. The van der Waals surface area contributed by atoms with Crippen LogP contribution in [0.2, 0.25) is 0 Å². The van der Waals surface area contributed by atoms with Gasteiger partial charge >= 0.3 is 0 Å². The van der Waals surface area contributed by atoms with Crippen LogP contribution in [0.3, 0.4) is 0 Å². The molecule has 40 heavy (non-hydrogen) atoms. The summed E-state index contributed by atoms with van der Waals surface area (Å²) in [6.07, 6.45) is 1.22. The molecule has 0 amide bonds. The molecule has 0 bridgehead atoms. The summed E-state index contributed by atoms with van der Waals surface area (Å²) in [5.74, 6) is 1.62. The molecular weight excluding hydrogens is 523 g/mol. The Labute approximate surface area is 237 Å². The van der Waals surface area contributed by atoms with Crippen molar-refractivity contribution in [3.8, 4) is 5.75 Å². The largest absolute Gasteiger partial charge is 0.489 e. The van der Waals surface area contributed by atoms with Crippen molar-refractivity contribution in [1.82, 2.24) is 14.8 Å². The first-order valence-electron chi connectivity index (χ1n) is 13.4. The maximum absolute atomic E-state index is 14.2. The number of aryl methyl sites for hydroxylation is 1. The van der Waals surface area contributed by atoms with E-state index in [2.05, 4.69) is 50.4 Å². The highest BCUT2D eigenvalue weighted by Crippen LogP contribution is 2.46. The summed E-state index contributed by atoms with van der Waals surface area (Å²) in [5.41, 5.74) is 5.33. The normalized spacial score (nSPS) is 17.7. The van der Waals surface area contributed by atoms with Crippen LogP contribution >= 0.6 is 11.8 Å². The van der Waals surface area contributed by atoms with Crippen molar-refractivity contribution in [3.63, 3.8) is 0 Å². The fourth-order valence-electron chi connectivity index (χ4n) is 5.31. The van der Waals surface area contributed by atoms with Crippen LogP contribution in [-0.2, 0) is 17.2 Å². The third-order valence-electron chi connectivity index (χ3n) is 7.35. The SMILES string of the molecule is Cc1ccc(COc2ccc(C3C4=C(CC(C)(C)CC4=O)Nc4nc(SCc5ccccc5F)nn43)cc2)cc1. The first-order valence-corrected chi connectivity index (χ1v) is 14.4. The number of aromatic nitrogens is 3. The number of carbonyl (C=O) groups is 1. The lowest BCUT2D eigenvalue weighted by Gasteiger charge is -2.38. The van der Waals surface area contributed by atoms with Crippen molar-refractivity contribution in [2.45, 2.75) is 57.2 Å². The summed E-state index contributed by atoms with van der Waals surface area (Å²) in [6.45, 7) is 6.76. The van der Waals surface area contributed by atoms with Gasteiger partial charge in [-0.15, -0.1) is 5.10 Å². The van der Waals surface area contributed by atoms with Gasteiger partial charge in [0, 0.05) is 23.4 Å². The smallest absolute Gasteiger partial charge is 0.227 e. The predicted octanol–water partition coefficient (Wildman–Crippen LogP) is 7.26. The van der Waals surface area contributed by atoms with Gasteiger partial charge in [-0.3, -0.25) is 4.79 Å². The Balaban J connectivity index is 1.29. The Morgan fingerprint density at radius 1 is 1.05 bits per heavy atom. The second-order valence-corrected chi connectivity index (χ2v) is 12.2. The van der Waals surface area contributed by atoms with Crippen LogP contribution in [0, 0.1) is 18.2 Å². The minimum Gasteiger partial charge on any atom is -0.489 e. The number of fused-ring (bicyclic) bond motifs is 1. The number of allylic oxidation sites excluding steroid dienone is 2. The Morgan fingerprint density at radius 2 is 1.80 bits per heavy atom. The number of anilines is 1. The zero-order valence-corrected chi connectivity index (χ0v) is 23.6. The second kappa shape index (κ2) is 10.6. The quantitative estimate of drug-likeness (QED) is 0.243. The van der Waals surface area contributed by atoms with E-state index < -0.39 is 6.04 Å². The molecule has 1 atom stereocenters. The Bertz CT molecular complexity index is 1590. The average molecular weight is 555 g/mol. The molecule has 0 saturated carbocycles. The summed E-state index contributed by atoms with van der Waals surface area (Å²) in [6, 6.07) is 22.5. The highest BCUT2D eigenvalue weighted by Gasteiger charge is 2.41. The maximum Gasteiger partial charge on any atom is 0.227 e. The van der Waals surface area contributed by atoms with Crippen LogP contribution < -0.4 is 10.1 Å². The van der Waals surface area contributed by atoms with Gasteiger partial charge < -0.3 is 10.1 Å². The van der Waals surface area contributed by atoms with Crippen LogP contribution in [0.4, 0.5) is 10.3 Å². The van der Waals surface area contributed by atoms with Crippen LogP contribution in [0.5, 0.6) is 5.75 Å². The molecule has 0 spiro atoms. The second-order valence-electron chi connectivity index (χ2n) is 11.2. The number of benzene rings is 3. The summed E-state index contributed by atoms with van der Waals surface area (Å²) >= 11 is 1.37. The average Bonchev–Trinajstić information content (AvgIpc) is 3.33. The fraction of sp³-hybridized carbons (Fsp3) is 0.281. The van der Waals surface area contributed by atoms with E-state index in [4.69, 9.17) is 14.8 Å². The third-order valence-corrected chi connectivity index (χ3v) is 8.24. The van der Waals surface area contributed by atoms with Crippen LogP contribution in [0.25, 0.3) is 0 Å². The van der Waals surface area contributed by atoms with Crippen molar-refractivity contribution in [2.24, 2.45) is 5.41 Å². The number of nitrogens with zero attached hydrogens (tertiary/aromatic N) is 3. The molecule has 1 aromatic heterocycles. The lowest BCUT2D eigenvalue weighted by atomic mass is 9.73. The monoisotopic (exact) mass is 554 g/mol. The van der Waals surface area contributed by atoms with Gasteiger partial charge in [0.2, 0.25) is 11.1 Å². The van der Waals surface area contributed by atoms with Gasteiger partial charge in [-0.2, -0.15) is 4.98 Å². The van der Waals surface area contributed by atoms with E-state index in [1.807, 2.05) is 30.3 Å². The van der Waals surface area contributed by atoms with Crippen molar-refractivity contribution < 1.29 is 13.9 Å². The number of Topliss-reactive ketones (excluding diaryl/α,β-unsaturated/α-hetero) is 1. The van der Waals surface area contributed by atoms with Crippen molar-refractivity contribution in [2.75, 3.05) is 5.32 Å². The maximum atomic E-state index is 14.2. The van der Waals surface area contributed by atoms with Gasteiger partial charge in [-0.25, -0.2) is 9.07 Å². The minimum absolute atomic E-state index is 0.116. The van der Waals surface area contributed by atoms with Crippen LogP contribution in [-0.4, -0.2) is 20.5 Å². The fourth-order valence-corrected chi connectivity index (χ4v) is 6.13. The molecule has 3 aromatic carbocycles. The van der Waals surface area contributed by atoms with Crippen LogP contribution in [0.1, 0.15) is 55.0 Å². The first-order chi connectivity index (χ1) is 19.3. The number of nitrogens with one attached hydrogen (secondary N) is 1. The van der Waals surface area contributed by atoms with E-state index in [1.165, 1.54) is 23.4 Å². The molecule has 0 saturated heterocycles. The van der Waals surface area contributed by atoms with Gasteiger partial charge in [0.1, 0.15) is 24.2 Å². The van der Waals surface area contributed by atoms with Gasteiger partial charge in [0.15, 0.2) is 5.78 Å². The molecule has 204 valence electrons. The lowest BCUT2D eigenvalue weighted by molar-refractivity contribution is -0.118. The van der Waals surface area contributed by atoms with E-state index in [1.54, 1.807) is 16.8 Å². The summed E-state index contributed by atoms with van der Waals surface area (Å²) < 4.78 is 22.0. The van der Waals surface area contributed by atoms with Crippen LogP contribution in [0.15, 0.2) is 89.2 Å². The molecule has 1 unspecified atom stereocenters. The number of ketones is 1. The minimum atomic E-state index is -0.406. The molecule has 1 N–H and O–H groups in total. The molecule has 4 aromatic rings. The zero-order valence-electron chi connectivity index (χ0n) is 22.8. The third kappa shape index (κ3) is 5.41. The lowest BCUT2D eigenvalue weighted by Crippen LogP contribution is -2.36. The van der Waals surface area contributed by atoms with Gasteiger partial charge in [0.05, 0.1) is 0 Å². The molecule has 8 heteroatoms. The van der Waals surface area contributed by atoms with Gasteiger partial charge in [-0.05, 0) is 53.6 Å². The molecule has 6 rings (SSSR count). The summed E-state index contributed by atoms with van der Waals surface area (Å²) in [7, 11) is 0. The van der Waals surface area contributed by atoms with E-state index in [-0.39, 0.29) is 17.0 Å². The molecule has 2 aliphatic rings. The standard InChI is InChI=1S/C32H31FN4O2S/c1-20-8-10-21(11-9-20)18-39-24-14-12-22(13-15-24)29-28-26(16-32(2,3)17-27(28)38)34-30-35-31(36-37(29)30)40-19-23-6-4-5-7-25(23)33/h4-15,29H,16-19H2,1-3H3,(H,34,35,36). The summed E-state index contributed by atoms with van der Waals surface area (Å²) in [4.78, 5) is 18.2. The highest BCUT2D eigenvalue weighted by atomic mass is 32.2. The van der Waals surface area contributed by atoms with Gasteiger partial charge in [-0.1, -0.05) is 85.8 Å². The van der Waals surface area contributed by atoms with E-state index >= 15 is 0 Å². The van der Waals surface area contributed by atoms with Crippen molar-refractivity contribution >= 4 is 23.5 Å².